The fourth-order valence-corrected chi connectivity index (χ4v) is 3.22. The Kier molecular flexibility index (Phi) is 3.88. The Balaban J connectivity index is 0.000000514. The third-order valence-corrected chi connectivity index (χ3v) is 4.21. The standard InChI is InChI=1S/C14H19N.C2H6/c1-10-3-4-11-8-13-9-12(14(11)7-10)5-6-15(13)2;1-2/h3-4,7,12-13H,5-6,8-9H2,1-2H3;1-2H3. The number of nitrogens with zero attached hydrogens (tertiary/aromatic N) is 1. The summed E-state index contributed by atoms with van der Waals surface area (Å²) in [6.07, 6.45) is 4.00. The molecule has 0 aromatic heterocycles. The van der Waals surface area contributed by atoms with E-state index in [2.05, 4.69) is 37.1 Å². The Morgan fingerprint density at radius 1 is 1.24 bits per heavy atom. The van der Waals surface area contributed by atoms with E-state index in [1.807, 2.05) is 13.8 Å². The summed E-state index contributed by atoms with van der Waals surface area (Å²) in [5.41, 5.74) is 4.68. The van der Waals surface area contributed by atoms with Gasteiger partial charge in [-0.3, -0.25) is 0 Å². The van der Waals surface area contributed by atoms with Crippen LogP contribution in [0.4, 0.5) is 0 Å². The molecule has 3 rings (SSSR count). The Morgan fingerprint density at radius 3 is 2.76 bits per heavy atom. The average molecular weight is 231 g/mol. The summed E-state index contributed by atoms with van der Waals surface area (Å²) in [5, 5.41) is 0. The van der Waals surface area contributed by atoms with Crippen LogP contribution in [0.5, 0.6) is 0 Å². The Hall–Kier alpha value is -0.820. The van der Waals surface area contributed by atoms with E-state index < -0.39 is 0 Å². The van der Waals surface area contributed by atoms with Crippen molar-refractivity contribution >= 4 is 0 Å². The number of benzene rings is 1. The van der Waals surface area contributed by atoms with Gasteiger partial charge in [-0.25, -0.2) is 0 Å². The van der Waals surface area contributed by atoms with Crippen LogP contribution in [0, 0.1) is 6.92 Å². The highest BCUT2D eigenvalue weighted by Crippen LogP contribution is 2.39. The molecule has 0 amide bonds. The number of likely N-dealkylation sites (N-methyl/N-ethyl adjacent to an activating group) is 1. The summed E-state index contributed by atoms with van der Waals surface area (Å²) in [5.74, 6) is 0.842. The molecular weight excluding hydrogens is 206 g/mol. The van der Waals surface area contributed by atoms with Crippen LogP contribution in [0.3, 0.4) is 0 Å². The summed E-state index contributed by atoms with van der Waals surface area (Å²) in [6, 6.07) is 7.84. The fourth-order valence-electron chi connectivity index (χ4n) is 3.22. The minimum Gasteiger partial charge on any atom is -0.303 e. The minimum atomic E-state index is 0.805. The quantitative estimate of drug-likeness (QED) is 0.657. The number of hydrogen-bond acceptors (Lipinski definition) is 1. The summed E-state index contributed by atoms with van der Waals surface area (Å²) in [6.45, 7) is 7.49. The Labute approximate surface area is 106 Å². The van der Waals surface area contributed by atoms with Gasteiger partial charge in [0, 0.05) is 6.04 Å². The first-order valence-corrected chi connectivity index (χ1v) is 7.03. The molecule has 1 aliphatic heterocycles. The molecule has 1 aliphatic carbocycles. The van der Waals surface area contributed by atoms with Crippen LogP contribution in [0.1, 0.15) is 49.3 Å². The van der Waals surface area contributed by atoms with Gasteiger partial charge in [0.1, 0.15) is 0 Å². The Morgan fingerprint density at radius 2 is 2.00 bits per heavy atom. The molecule has 94 valence electrons. The molecule has 1 aromatic rings. The molecule has 0 saturated carbocycles. The zero-order valence-corrected chi connectivity index (χ0v) is 11.7. The molecule has 1 heteroatoms. The van der Waals surface area contributed by atoms with Gasteiger partial charge in [0.05, 0.1) is 0 Å². The molecule has 0 radical (unpaired) electrons. The zero-order valence-electron chi connectivity index (χ0n) is 11.7. The molecule has 2 atom stereocenters. The first-order valence-electron chi connectivity index (χ1n) is 7.03. The van der Waals surface area contributed by atoms with Crippen LogP contribution in [0.2, 0.25) is 0 Å². The SMILES string of the molecule is CC.Cc1ccc2c(c1)C1CCN(C)C(C2)C1. The number of aryl methyl sites for hydroxylation is 1. The van der Waals surface area contributed by atoms with Gasteiger partial charge in [0.2, 0.25) is 0 Å². The highest BCUT2D eigenvalue weighted by atomic mass is 15.1. The summed E-state index contributed by atoms with van der Waals surface area (Å²) >= 11 is 0. The van der Waals surface area contributed by atoms with Crippen molar-refractivity contribution in [2.75, 3.05) is 13.6 Å². The highest BCUT2D eigenvalue weighted by Gasteiger charge is 2.32. The average Bonchev–Trinajstić information content (AvgIpc) is 2.37. The van der Waals surface area contributed by atoms with E-state index in [9.17, 15) is 0 Å². The third-order valence-electron chi connectivity index (χ3n) is 4.21. The van der Waals surface area contributed by atoms with E-state index in [4.69, 9.17) is 0 Å². The fraction of sp³-hybridized carbons (Fsp3) is 0.625. The zero-order chi connectivity index (χ0) is 12.4. The predicted molar refractivity (Wildman–Crippen MR) is 74.6 cm³/mol. The van der Waals surface area contributed by atoms with Crippen molar-refractivity contribution in [2.45, 2.75) is 52.0 Å². The second-order valence-corrected chi connectivity index (χ2v) is 5.26. The van der Waals surface area contributed by atoms with Crippen LogP contribution >= 0.6 is 0 Å². The van der Waals surface area contributed by atoms with Gasteiger partial charge in [0.25, 0.3) is 0 Å². The second kappa shape index (κ2) is 5.22. The molecule has 17 heavy (non-hydrogen) atoms. The molecule has 1 saturated heterocycles. The number of rotatable bonds is 0. The summed E-state index contributed by atoms with van der Waals surface area (Å²) in [7, 11) is 2.28. The summed E-state index contributed by atoms with van der Waals surface area (Å²) in [4.78, 5) is 2.54. The van der Waals surface area contributed by atoms with Gasteiger partial charge in [-0.1, -0.05) is 37.6 Å². The van der Waals surface area contributed by atoms with Crippen molar-refractivity contribution in [1.82, 2.24) is 4.90 Å². The number of fused-ring (bicyclic) bond motifs is 4. The van der Waals surface area contributed by atoms with Crippen LogP contribution in [0.25, 0.3) is 0 Å². The normalized spacial score (nSPS) is 26.8. The third kappa shape index (κ3) is 2.40. The van der Waals surface area contributed by atoms with Gasteiger partial charge in [-0.05, 0) is 56.8 Å². The van der Waals surface area contributed by atoms with E-state index in [1.54, 1.807) is 11.1 Å². The van der Waals surface area contributed by atoms with Crippen molar-refractivity contribution in [3.8, 4) is 0 Å². The van der Waals surface area contributed by atoms with E-state index in [0.29, 0.717) is 0 Å². The predicted octanol–water partition coefficient (Wildman–Crippen LogP) is 3.76. The van der Waals surface area contributed by atoms with Crippen molar-refractivity contribution in [3.63, 3.8) is 0 Å². The summed E-state index contributed by atoms with van der Waals surface area (Å²) < 4.78 is 0. The van der Waals surface area contributed by atoms with Crippen molar-refractivity contribution in [1.29, 1.82) is 0 Å². The second-order valence-electron chi connectivity index (χ2n) is 5.26. The maximum atomic E-state index is 2.54. The lowest BCUT2D eigenvalue weighted by molar-refractivity contribution is 0.157. The van der Waals surface area contributed by atoms with Gasteiger partial charge < -0.3 is 4.90 Å². The van der Waals surface area contributed by atoms with E-state index in [1.165, 1.54) is 31.4 Å². The molecule has 1 nitrogen and oxygen atoms in total. The lowest BCUT2D eigenvalue weighted by Crippen LogP contribution is -2.43. The topological polar surface area (TPSA) is 3.24 Å². The first kappa shape index (κ1) is 12.6. The molecule has 0 spiro atoms. The molecule has 1 heterocycles. The van der Waals surface area contributed by atoms with E-state index in [0.717, 1.165) is 12.0 Å². The maximum absolute atomic E-state index is 2.54. The largest absolute Gasteiger partial charge is 0.303 e. The maximum Gasteiger partial charge on any atom is 0.0138 e. The van der Waals surface area contributed by atoms with Crippen molar-refractivity contribution in [3.05, 3.63) is 34.9 Å². The first-order chi connectivity index (χ1) is 8.24. The molecular formula is C16H25N. The number of hydrogen-bond donors (Lipinski definition) is 0. The van der Waals surface area contributed by atoms with Crippen molar-refractivity contribution in [2.24, 2.45) is 0 Å². The van der Waals surface area contributed by atoms with E-state index >= 15 is 0 Å². The smallest absolute Gasteiger partial charge is 0.0138 e. The van der Waals surface area contributed by atoms with Gasteiger partial charge in [-0.2, -0.15) is 0 Å². The molecule has 0 N–H and O–H groups in total. The van der Waals surface area contributed by atoms with Crippen LogP contribution in [-0.2, 0) is 6.42 Å². The van der Waals surface area contributed by atoms with Crippen LogP contribution < -0.4 is 0 Å². The molecule has 2 unspecified atom stereocenters. The Bertz CT molecular complexity index is 383. The number of piperidine rings is 1. The molecule has 1 fully saturated rings. The van der Waals surface area contributed by atoms with Crippen LogP contribution in [0.15, 0.2) is 18.2 Å². The highest BCUT2D eigenvalue weighted by molar-refractivity contribution is 5.37. The van der Waals surface area contributed by atoms with E-state index in [-0.39, 0.29) is 0 Å². The van der Waals surface area contributed by atoms with Gasteiger partial charge >= 0.3 is 0 Å². The molecule has 2 aliphatic rings. The number of likely N-dealkylation sites (tertiary alicyclic amines) is 1. The van der Waals surface area contributed by atoms with Gasteiger partial charge in [0.15, 0.2) is 0 Å². The minimum absolute atomic E-state index is 0.805. The lowest BCUT2D eigenvalue weighted by Gasteiger charge is -2.42. The van der Waals surface area contributed by atoms with Crippen molar-refractivity contribution < 1.29 is 0 Å². The molecule has 1 aromatic carbocycles. The van der Waals surface area contributed by atoms with Crippen LogP contribution in [-0.4, -0.2) is 24.5 Å². The lowest BCUT2D eigenvalue weighted by atomic mass is 9.75. The van der Waals surface area contributed by atoms with Gasteiger partial charge in [-0.15, -0.1) is 0 Å². The molecule has 2 bridgehead atoms. The monoisotopic (exact) mass is 231 g/mol.